The molecule has 0 fully saturated rings. The number of aromatic nitrogens is 5. The standard InChI is InChI=1S/C52H37N5/c1-3-42-31-46(45-27-26-36-21-20-33(2)54-50(36)51(45)55-42)40-15-7-13-38(29-40)34-22-24-37(25-23-34)52-56-48(35-11-5-4-6-12-35)32-49(57-52)41-16-8-14-39(30-41)43-17-9-19-47-44(43)18-10-28-53-47/h4-32H,3H2,1-2H3. The summed E-state index contributed by atoms with van der Waals surface area (Å²) in [5.41, 5.74) is 16.5. The zero-order valence-corrected chi connectivity index (χ0v) is 31.7. The molecule has 0 aliphatic rings. The van der Waals surface area contributed by atoms with E-state index in [9.17, 15) is 0 Å². The van der Waals surface area contributed by atoms with Crippen LogP contribution in [-0.4, -0.2) is 24.9 Å². The molecule has 0 saturated carbocycles. The molecule has 0 spiro atoms. The van der Waals surface area contributed by atoms with E-state index in [2.05, 4.69) is 158 Å². The Bertz CT molecular complexity index is 3110. The van der Waals surface area contributed by atoms with Crippen molar-refractivity contribution in [3.05, 3.63) is 187 Å². The third-order valence-corrected chi connectivity index (χ3v) is 10.8. The second-order valence-electron chi connectivity index (χ2n) is 14.4. The minimum Gasteiger partial charge on any atom is -0.256 e. The Morgan fingerprint density at radius 2 is 1.11 bits per heavy atom. The van der Waals surface area contributed by atoms with Crippen LogP contribution >= 0.6 is 0 Å². The van der Waals surface area contributed by atoms with Crippen LogP contribution in [-0.2, 0) is 6.42 Å². The van der Waals surface area contributed by atoms with Gasteiger partial charge in [-0.25, -0.2) is 9.97 Å². The molecule has 4 heterocycles. The lowest BCUT2D eigenvalue weighted by molar-refractivity contribution is 1.06. The number of hydrogen-bond acceptors (Lipinski definition) is 5. The van der Waals surface area contributed by atoms with E-state index in [1.54, 1.807) is 0 Å². The third kappa shape index (κ3) is 6.49. The summed E-state index contributed by atoms with van der Waals surface area (Å²) < 4.78 is 0. The third-order valence-electron chi connectivity index (χ3n) is 10.8. The van der Waals surface area contributed by atoms with Gasteiger partial charge in [-0.2, -0.15) is 0 Å². The summed E-state index contributed by atoms with van der Waals surface area (Å²) in [6.45, 7) is 4.19. The minimum absolute atomic E-state index is 0.679. The van der Waals surface area contributed by atoms with Crippen molar-refractivity contribution >= 4 is 32.7 Å². The van der Waals surface area contributed by atoms with E-state index in [-0.39, 0.29) is 0 Å². The van der Waals surface area contributed by atoms with Gasteiger partial charge in [0.15, 0.2) is 5.82 Å². The normalized spacial score (nSPS) is 11.4. The summed E-state index contributed by atoms with van der Waals surface area (Å²) in [5, 5.41) is 3.33. The summed E-state index contributed by atoms with van der Waals surface area (Å²) in [7, 11) is 0. The summed E-state index contributed by atoms with van der Waals surface area (Å²) in [4.78, 5) is 24.9. The Morgan fingerprint density at radius 1 is 0.421 bits per heavy atom. The highest BCUT2D eigenvalue weighted by Gasteiger charge is 2.15. The van der Waals surface area contributed by atoms with E-state index in [0.717, 1.165) is 106 Å². The first-order valence-corrected chi connectivity index (χ1v) is 19.4. The van der Waals surface area contributed by atoms with Gasteiger partial charge in [-0.3, -0.25) is 15.0 Å². The van der Waals surface area contributed by atoms with Gasteiger partial charge in [0.05, 0.1) is 27.9 Å². The fraction of sp³-hybridized carbons (Fsp3) is 0.0577. The van der Waals surface area contributed by atoms with Crippen molar-refractivity contribution in [2.75, 3.05) is 0 Å². The molecule has 0 radical (unpaired) electrons. The molecule has 0 unspecified atom stereocenters. The van der Waals surface area contributed by atoms with Crippen LogP contribution in [0, 0.1) is 6.92 Å². The van der Waals surface area contributed by atoms with Gasteiger partial charge in [-0.15, -0.1) is 0 Å². The lowest BCUT2D eigenvalue weighted by atomic mass is 9.95. The summed E-state index contributed by atoms with van der Waals surface area (Å²) in [6.07, 6.45) is 2.68. The highest BCUT2D eigenvalue weighted by molar-refractivity contribution is 6.08. The van der Waals surface area contributed by atoms with Crippen molar-refractivity contribution in [2.24, 2.45) is 0 Å². The average molecular weight is 732 g/mol. The fourth-order valence-electron chi connectivity index (χ4n) is 7.80. The molecule has 0 aliphatic carbocycles. The molecule has 5 heteroatoms. The molecule has 270 valence electrons. The van der Waals surface area contributed by atoms with Crippen LogP contribution < -0.4 is 0 Å². The number of benzene rings is 6. The Kier molecular flexibility index (Phi) is 8.61. The Labute approximate surface area is 331 Å². The molecule has 4 aromatic heterocycles. The maximum absolute atomic E-state index is 5.19. The number of hydrogen-bond donors (Lipinski definition) is 0. The largest absolute Gasteiger partial charge is 0.256 e. The number of nitrogens with zero attached hydrogens (tertiary/aromatic N) is 5. The van der Waals surface area contributed by atoms with E-state index in [0.29, 0.717) is 5.82 Å². The van der Waals surface area contributed by atoms with Gasteiger partial charge < -0.3 is 0 Å². The number of rotatable bonds is 7. The average Bonchev–Trinajstić information content (AvgIpc) is 3.28. The molecule has 0 aliphatic heterocycles. The quantitative estimate of drug-likeness (QED) is 0.153. The van der Waals surface area contributed by atoms with Gasteiger partial charge in [0.2, 0.25) is 0 Å². The molecular weight excluding hydrogens is 695 g/mol. The topological polar surface area (TPSA) is 64.5 Å². The van der Waals surface area contributed by atoms with Gasteiger partial charge in [-0.05, 0) is 89.2 Å². The predicted molar refractivity (Wildman–Crippen MR) is 235 cm³/mol. The molecule has 10 aromatic rings. The summed E-state index contributed by atoms with van der Waals surface area (Å²) in [5.74, 6) is 0.679. The van der Waals surface area contributed by atoms with E-state index in [1.807, 2.05) is 37.4 Å². The smallest absolute Gasteiger partial charge is 0.160 e. The summed E-state index contributed by atoms with van der Waals surface area (Å²) in [6, 6.07) is 59.6. The second kappa shape index (κ2) is 14.4. The monoisotopic (exact) mass is 731 g/mol. The van der Waals surface area contributed by atoms with E-state index < -0.39 is 0 Å². The van der Waals surface area contributed by atoms with E-state index >= 15 is 0 Å². The molecule has 6 aromatic carbocycles. The van der Waals surface area contributed by atoms with Gasteiger partial charge in [-0.1, -0.05) is 134 Å². The predicted octanol–water partition coefficient (Wildman–Crippen LogP) is 13.0. The second-order valence-corrected chi connectivity index (χ2v) is 14.4. The van der Waals surface area contributed by atoms with Crippen LogP contribution in [0.15, 0.2) is 176 Å². The molecule has 0 amide bonds. The van der Waals surface area contributed by atoms with Crippen molar-refractivity contribution in [3.63, 3.8) is 0 Å². The lowest BCUT2D eigenvalue weighted by Gasteiger charge is -2.13. The highest BCUT2D eigenvalue weighted by atomic mass is 14.9. The minimum atomic E-state index is 0.679. The maximum Gasteiger partial charge on any atom is 0.160 e. The molecule has 5 nitrogen and oxygen atoms in total. The maximum atomic E-state index is 5.19. The highest BCUT2D eigenvalue weighted by Crippen LogP contribution is 2.36. The molecule has 0 N–H and O–H groups in total. The first kappa shape index (κ1) is 34.1. The van der Waals surface area contributed by atoms with Gasteiger partial charge in [0.25, 0.3) is 0 Å². The zero-order chi connectivity index (χ0) is 38.3. The van der Waals surface area contributed by atoms with Crippen molar-refractivity contribution < 1.29 is 0 Å². The fourth-order valence-corrected chi connectivity index (χ4v) is 7.80. The SMILES string of the molecule is CCc1cc(-c2cccc(-c3ccc(-c4nc(-c5ccccc5)cc(-c5cccc(-c6cccc7ncccc67)c5)n4)cc3)c2)c2ccc3ccc(C)nc3c2n1. The van der Waals surface area contributed by atoms with Crippen molar-refractivity contribution in [1.29, 1.82) is 0 Å². The van der Waals surface area contributed by atoms with Crippen molar-refractivity contribution in [3.8, 4) is 67.3 Å². The summed E-state index contributed by atoms with van der Waals surface area (Å²) >= 11 is 0. The first-order chi connectivity index (χ1) is 28.1. The molecule has 57 heavy (non-hydrogen) atoms. The van der Waals surface area contributed by atoms with Crippen molar-refractivity contribution in [2.45, 2.75) is 20.3 Å². The molecule has 10 rings (SSSR count). The van der Waals surface area contributed by atoms with Crippen LogP contribution in [0.1, 0.15) is 18.3 Å². The van der Waals surface area contributed by atoms with Crippen molar-refractivity contribution in [1.82, 2.24) is 24.9 Å². The Hall–Kier alpha value is -7.37. The van der Waals surface area contributed by atoms with Gasteiger partial charge >= 0.3 is 0 Å². The Balaban J connectivity index is 1.03. The molecule has 0 atom stereocenters. The number of pyridine rings is 3. The first-order valence-electron chi connectivity index (χ1n) is 19.4. The molecule has 0 bridgehead atoms. The molecule has 0 saturated heterocycles. The van der Waals surface area contributed by atoms with Crippen LogP contribution in [0.4, 0.5) is 0 Å². The van der Waals surface area contributed by atoms with Gasteiger partial charge in [0, 0.05) is 50.4 Å². The van der Waals surface area contributed by atoms with E-state index in [4.69, 9.17) is 19.9 Å². The zero-order valence-electron chi connectivity index (χ0n) is 31.7. The van der Waals surface area contributed by atoms with Crippen LogP contribution in [0.5, 0.6) is 0 Å². The van der Waals surface area contributed by atoms with Crippen LogP contribution in [0.2, 0.25) is 0 Å². The number of aryl methyl sites for hydroxylation is 2. The Morgan fingerprint density at radius 3 is 1.93 bits per heavy atom. The molecular formula is C52H37N5. The van der Waals surface area contributed by atoms with Crippen LogP contribution in [0.25, 0.3) is 100.0 Å². The lowest BCUT2D eigenvalue weighted by Crippen LogP contribution is -1.96. The van der Waals surface area contributed by atoms with Gasteiger partial charge in [0.1, 0.15) is 0 Å². The number of fused-ring (bicyclic) bond motifs is 4. The van der Waals surface area contributed by atoms with E-state index in [1.165, 1.54) is 5.56 Å². The van der Waals surface area contributed by atoms with Crippen LogP contribution in [0.3, 0.4) is 0 Å².